The van der Waals surface area contributed by atoms with Crippen LogP contribution in [0.25, 0.3) is 0 Å². The quantitative estimate of drug-likeness (QED) is 0.526. The van der Waals surface area contributed by atoms with E-state index in [2.05, 4.69) is 4.28 Å². The summed E-state index contributed by atoms with van der Waals surface area (Å²) in [7, 11) is -5.51. The Kier molecular flexibility index (Phi) is 3.17. The molecule has 1 aliphatic heterocycles. The molecule has 0 amide bonds. The van der Waals surface area contributed by atoms with Crippen LogP contribution in [0.4, 0.5) is 13.2 Å². The summed E-state index contributed by atoms with van der Waals surface area (Å²) in [6, 6.07) is 0. The van der Waals surface area contributed by atoms with Gasteiger partial charge in [0.25, 0.3) is 0 Å². The zero-order valence-electron chi connectivity index (χ0n) is 6.99. The molecule has 1 aliphatic rings. The summed E-state index contributed by atoms with van der Waals surface area (Å²) in [5.74, 6) is 0. The first-order chi connectivity index (χ1) is 6.33. The largest absolute Gasteiger partial charge is 0.524 e. The molecule has 0 saturated carbocycles. The minimum absolute atomic E-state index is 0.0370. The normalized spacial score (nSPS) is 19.9. The molecule has 0 aliphatic carbocycles. The predicted octanol–water partition coefficient (Wildman–Crippen LogP) is 1.03. The van der Waals surface area contributed by atoms with Crippen molar-refractivity contribution in [1.29, 1.82) is 0 Å². The van der Waals surface area contributed by atoms with Gasteiger partial charge in [-0.25, -0.2) is 0 Å². The van der Waals surface area contributed by atoms with E-state index in [4.69, 9.17) is 0 Å². The first-order valence-electron chi connectivity index (χ1n) is 3.74. The van der Waals surface area contributed by atoms with E-state index in [1.807, 2.05) is 0 Å². The van der Waals surface area contributed by atoms with E-state index in [0.29, 0.717) is 6.42 Å². The minimum atomic E-state index is -5.51. The second-order valence-corrected chi connectivity index (χ2v) is 4.14. The highest BCUT2D eigenvalue weighted by atomic mass is 32.2. The SMILES string of the molecule is O=S(=O)(ON1CC=CCC1)C(F)(F)F. The Balaban J connectivity index is 2.64. The van der Waals surface area contributed by atoms with Crippen molar-refractivity contribution >= 4 is 10.1 Å². The summed E-state index contributed by atoms with van der Waals surface area (Å²) >= 11 is 0. The molecule has 8 heteroatoms. The number of halogens is 3. The molecule has 0 aromatic rings. The maximum atomic E-state index is 11.8. The van der Waals surface area contributed by atoms with Crippen molar-refractivity contribution in [1.82, 2.24) is 5.06 Å². The van der Waals surface area contributed by atoms with Crippen molar-refractivity contribution in [3.8, 4) is 0 Å². The zero-order valence-corrected chi connectivity index (χ0v) is 7.81. The third-order valence-corrected chi connectivity index (χ3v) is 2.48. The highest BCUT2D eigenvalue weighted by molar-refractivity contribution is 7.87. The van der Waals surface area contributed by atoms with Crippen LogP contribution in [0.5, 0.6) is 0 Å². The van der Waals surface area contributed by atoms with Gasteiger partial charge in [0.05, 0.1) is 0 Å². The van der Waals surface area contributed by atoms with Crippen LogP contribution in [-0.4, -0.2) is 32.1 Å². The van der Waals surface area contributed by atoms with Gasteiger partial charge in [0.2, 0.25) is 0 Å². The summed E-state index contributed by atoms with van der Waals surface area (Å²) in [5.41, 5.74) is -5.37. The Morgan fingerprint density at radius 2 is 1.93 bits per heavy atom. The summed E-state index contributed by atoms with van der Waals surface area (Å²) in [5, 5.41) is 0.753. The zero-order chi connectivity index (χ0) is 10.8. The lowest BCUT2D eigenvalue weighted by Gasteiger charge is -2.21. The van der Waals surface area contributed by atoms with Gasteiger partial charge in [0, 0.05) is 13.1 Å². The molecule has 14 heavy (non-hydrogen) atoms. The molecule has 0 saturated heterocycles. The maximum Gasteiger partial charge on any atom is 0.524 e. The van der Waals surface area contributed by atoms with E-state index < -0.39 is 15.6 Å². The number of hydrogen-bond acceptors (Lipinski definition) is 4. The molecule has 0 N–H and O–H groups in total. The van der Waals surface area contributed by atoms with E-state index >= 15 is 0 Å². The molecule has 1 heterocycles. The standard InChI is InChI=1S/C6H8F3NO3S/c7-6(8,9)14(11,12)13-10-4-2-1-3-5-10/h1-2H,3-5H2. The van der Waals surface area contributed by atoms with Gasteiger partial charge in [-0.15, -0.1) is 0 Å². The molecule has 0 fully saturated rings. The van der Waals surface area contributed by atoms with Crippen molar-refractivity contribution in [2.75, 3.05) is 13.1 Å². The second kappa shape index (κ2) is 3.87. The van der Waals surface area contributed by atoms with Crippen LogP contribution in [-0.2, 0) is 14.4 Å². The lowest BCUT2D eigenvalue weighted by Crippen LogP contribution is -2.36. The van der Waals surface area contributed by atoms with Gasteiger partial charge in [0.15, 0.2) is 0 Å². The van der Waals surface area contributed by atoms with Crippen molar-refractivity contribution in [2.45, 2.75) is 11.9 Å². The molecule has 1 rings (SSSR count). The highest BCUT2D eigenvalue weighted by Gasteiger charge is 2.48. The van der Waals surface area contributed by atoms with Crippen molar-refractivity contribution in [2.24, 2.45) is 0 Å². The van der Waals surface area contributed by atoms with Gasteiger partial charge in [-0.1, -0.05) is 12.2 Å². The van der Waals surface area contributed by atoms with Crippen LogP contribution in [0.15, 0.2) is 12.2 Å². The van der Waals surface area contributed by atoms with Gasteiger partial charge in [0.1, 0.15) is 0 Å². The van der Waals surface area contributed by atoms with Crippen LogP contribution < -0.4 is 0 Å². The Labute approximate surface area is 79.0 Å². The Morgan fingerprint density at radius 3 is 2.36 bits per heavy atom. The molecule has 0 aromatic carbocycles. The van der Waals surface area contributed by atoms with Gasteiger partial charge in [-0.05, 0) is 6.42 Å². The van der Waals surface area contributed by atoms with Crippen molar-refractivity contribution < 1.29 is 25.9 Å². The fourth-order valence-electron chi connectivity index (χ4n) is 0.868. The summed E-state index contributed by atoms with van der Waals surface area (Å²) in [6.07, 6.45) is 3.74. The van der Waals surface area contributed by atoms with E-state index in [0.717, 1.165) is 5.06 Å². The molecule has 0 bridgehead atoms. The third-order valence-electron chi connectivity index (χ3n) is 1.51. The molecule has 0 unspecified atom stereocenters. The van der Waals surface area contributed by atoms with E-state index in [1.54, 1.807) is 6.08 Å². The average Bonchev–Trinajstić information content (AvgIpc) is 2.03. The number of nitrogens with zero attached hydrogens (tertiary/aromatic N) is 1. The number of hydroxylamine groups is 2. The van der Waals surface area contributed by atoms with Gasteiger partial charge in [-0.2, -0.15) is 30.9 Å². The first-order valence-corrected chi connectivity index (χ1v) is 5.14. The topological polar surface area (TPSA) is 46.6 Å². The summed E-state index contributed by atoms with van der Waals surface area (Å²) in [6.45, 7) is 0.168. The van der Waals surface area contributed by atoms with Crippen LogP contribution in [0.1, 0.15) is 6.42 Å². The summed E-state index contributed by atoms with van der Waals surface area (Å²) in [4.78, 5) is 0. The lowest BCUT2D eigenvalue weighted by molar-refractivity contribution is -0.0972. The lowest BCUT2D eigenvalue weighted by atomic mass is 10.3. The molecule has 4 nitrogen and oxygen atoms in total. The molecule has 0 radical (unpaired) electrons. The van der Waals surface area contributed by atoms with Crippen molar-refractivity contribution in [3.63, 3.8) is 0 Å². The summed E-state index contributed by atoms with van der Waals surface area (Å²) < 4.78 is 60.4. The Hall–Kier alpha value is -0.600. The maximum absolute atomic E-state index is 11.8. The van der Waals surface area contributed by atoms with Crippen molar-refractivity contribution in [3.05, 3.63) is 12.2 Å². The number of hydrogen-bond donors (Lipinski definition) is 0. The predicted molar refractivity (Wildman–Crippen MR) is 41.4 cm³/mol. The Morgan fingerprint density at radius 1 is 1.29 bits per heavy atom. The molecule has 0 spiro atoms. The smallest absolute Gasteiger partial charge is 0.188 e. The fourth-order valence-corrected chi connectivity index (χ4v) is 1.37. The Bertz CT molecular complexity index is 322. The van der Waals surface area contributed by atoms with Gasteiger partial charge < -0.3 is 0 Å². The van der Waals surface area contributed by atoms with Crippen LogP contribution >= 0.6 is 0 Å². The number of rotatable bonds is 2. The minimum Gasteiger partial charge on any atom is -0.188 e. The monoisotopic (exact) mass is 231 g/mol. The number of alkyl halides is 3. The molecular formula is C6H8F3NO3S. The van der Waals surface area contributed by atoms with Gasteiger partial charge >= 0.3 is 15.6 Å². The van der Waals surface area contributed by atoms with E-state index in [-0.39, 0.29) is 13.1 Å². The molecule has 0 atom stereocenters. The van der Waals surface area contributed by atoms with E-state index in [9.17, 15) is 21.6 Å². The molecule has 0 aromatic heterocycles. The fraction of sp³-hybridized carbons (Fsp3) is 0.667. The van der Waals surface area contributed by atoms with Gasteiger partial charge in [-0.3, -0.25) is 0 Å². The highest BCUT2D eigenvalue weighted by Crippen LogP contribution is 2.25. The van der Waals surface area contributed by atoms with Crippen LogP contribution in [0.3, 0.4) is 0 Å². The van der Waals surface area contributed by atoms with Crippen LogP contribution in [0.2, 0.25) is 0 Å². The average molecular weight is 231 g/mol. The third kappa shape index (κ3) is 2.69. The molecule has 82 valence electrons. The molecular weight excluding hydrogens is 223 g/mol. The van der Waals surface area contributed by atoms with Crippen LogP contribution in [0, 0.1) is 0 Å². The first kappa shape index (κ1) is 11.5. The second-order valence-electron chi connectivity index (χ2n) is 2.62. The van der Waals surface area contributed by atoms with E-state index in [1.165, 1.54) is 6.08 Å².